The van der Waals surface area contributed by atoms with Crippen molar-refractivity contribution in [2.45, 2.75) is 58.9 Å². The molecule has 4 aromatic rings. The summed E-state index contributed by atoms with van der Waals surface area (Å²) in [7, 11) is -1.19. The lowest BCUT2D eigenvalue weighted by atomic mass is 9.98. The van der Waals surface area contributed by atoms with Crippen LogP contribution in [0.5, 0.6) is 5.88 Å². The minimum Gasteiger partial charge on any atom is -0.473 e. The maximum atomic E-state index is 13.8. The molecule has 2 aromatic carbocycles. The van der Waals surface area contributed by atoms with Crippen LogP contribution in [0.25, 0.3) is 10.9 Å². The Morgan fingerprint density at radius 3 is 2.61 bits per heavy atom. The molecule has 216 valence electrons. The molecule has 1 amide bonds. The van der Waals surface area contributed by atoms with Crippen LogP contribution in [0.15, 0.2) is 53.1 Å². The number of amides is 1. The molecule has 3 heterocycles. The summed E-state index contributed by atoms with van der Waals surface area (Å²) < 4.78 is 15.1. The van der Waals surface area contributed by atoms with Gasteiger partial charge in [0.25, 0.3) is 5.91 Å². The molecule has 1 aliphatic heterocycles. The highest BCUT2D eigenvalue weighted by Gasteiger charge is 2.31. The van der Waals surface area contributed by atoms with E-state index < -0.39 is 8.07 Å². The van der Waals surface area contributed by atoms with Crippen LogP contribution in [0.1, 0.15) is 32.7 Å². The van der Waals surface area contributed by atoms with Gasteiger partial charge in [0.15, 0.2) is 0 Å². The van der Waals surface area contributed by atoms with Gasteiger partial charge in [0.2, 0.25) is 5.88 Å². The van der Waals surface area contributed by atoms with Crippen molar-refractivity contribution in [1.82, 2.24) is 14.5 Å². The third kappa shape index (κ3) is 6.67. The van der Waals surface area contributed by atoms with Crippen molar-refractivity contribution in [3.8, 4) is 5.88 Å². The van der Waals surface area contributed by atoms with E-state index in [0.717, 1.165) is 45.9 Å². The molecule has 6 nitrogen and oxygen atoms in total. The van der Waals surface area contributed by atoms with Crippen molar-refractivity contribution in [2.75, 3.05) is 13.2 Å². The third-order valence-electron chi connectivity index (χ3n) is 7.36. The molecule has 5 rings (SSSR count). The Hall–Kier alpha value is -2.36. The highest BCUT2D eigenvalue weighted by molar-refractivity contribution is 9.10. The number of nitrogens with zero attached hydrogens (tertiary/aromatic N) is 3. The lowest BCUT2D eigenvalue weighted by Crippen LogP contribution is -2.37. The Bertz CT molecular complexity index is 1590. The second-order valence-corrected chi connectivity index (χ2v) is 18.9. The molecule has 0 saturated heterocycles. The molecule has 10 heteroatoms. The van der Waals surface area contributed by atoms with Crippen molar-refractivity contribution >= 4 is 64.0 Å². The molecule has 0 unspecified atom stereocenters. The molecule has 0 aliphatic carbocycles. The fraction of sp³-hybridized carbons (Fsp3) is 0.355. The minimum absolute atomic E-state index is 0.156. The molecular formula is C31H34BrCl2N3O3Si. The average Bonchev–Trinajstić information content (AvgIpc) is 3.36. The normalized spacial score (nSPS) is 13.6. The summed E-state index contributed by atoms with van der Waals surface area (Å²) in [4.78, 5) is 20.5. The van der Waals surface area contributed by atoms with Crippen LogP contribution in [-0.4, -0.2) is 41.6 Å². The van der Waals surface area contributed by atoms with E-state index in [0.29, 0.717) is 58.8 Å². The van der Waals surface area contributed by atoms with E-state index in [1.54, 1.807) is 11.0 Å². The molecule has 0 radical (unpaired) electrons. The van der Waals surface area contributed by atoms with Gasteiger partial charge in [-0.1, -0.05) is 73.2 Å². The summed E-state index contributed by atoms with van der Waals surface area (Å²) >= 11 is 16.5. The van der Waals surface area contributed by atoms with E-state index in [4.69, 9.17) is 37.7 Å². The fourth-order valence-electron chi connectivity index (χ4n) is 5.10. The number of hydrogen-bond donors (Lipinski definition) is 0. The Morgan fingerprint density at radius 2 is 1.88 bits per heavy atom. The molecule has 0 saturated carbocycles. The average molecular weight is 676 g/mol. The summed E-state index contributed by atoms with van der Waals surface area (Å²) in [6, 6.07) is 14.9. The van der Waals surface area contributed by atoms with Gasteiger partial charge in [-0.2, -0.15) is 0 Å². The SMILES string of the molecule is Cc1nc(OCc2ccccc2)c(CN2CCc3c(Cl)cc(Br)c(Cl)c3C2=O)c2ccn(COCC[Si](C)(C)C)c12. The molecule has 0 bridgehead atoms. The summed E-state index contributed by atoms with van der Waals surface area (Å²) in [6.07, 6.45) is 2.64. The lowest BCUT2D eigenvalue weighted by molar-refractivity contribution is 0.0725. The number of rotatable bonds is 10. The van der Waals surface area contributed by atoms with Crippen LogP contribution in [0, 0.1) is 6.92 Å². The van der Waals surface area contributed by atoms with Crippen LogP contribution < -0.4 is 4.74 Å². The second kappa shape index (κ2) is 12.5. The van der Waals surface area contributed by atoms with Crippen molar-refractivity contribution in [2.24, 2.45) is 0 Å². The highest BCUT2D eigenvalue weighted by atomic mass is 79.9. The van der Waals surface area contributed by atoms with E-state index in [1.165, 1.54) is 0 Å². The van der Waals surface area contributed by atoms with Gasteiger partial charge in [0, 0.05) is 47.9 Å². The van der Waals surface area contributed by atoms with Gasteiger partial charge >= 0.3 is 0 Å². The standard InChI is InChI=1S/C31H34BrCl2N3O3Si/c1-20-29-22(10-13-37(29)19-39-14-15-41(2,3)4)24(30(35-20)40-18-21-8-6-5-7-9-21)17-36-12-11-23-26(33)16-25(32)28(34)27(23)31(36)38/h5-10,13,16H,11-12,14-15,17-19H2,1-4H3. The quantitative estimate of drug-likeness (QED) is 0.0962. The van der Waals surface area contributed by atoms with E-state index in [-0.39, 0.29) is 5.91 Å². The molecule has 1 aliphatic rings. The number of benzene rings is 2. The monoisotopic (exact) mass is 673 g/mol. The number of carbonyl (C=O) groups is 1. The first-order chi connectivity index (χ1) is 19.5. The number of halogens is 3. The maximum absolute atomic E-state index is 13.8. The number of carbonyl (C=O) groups excluding carboxylic acids is 1. The first-order valence-corrected chi connectivity index (χ1v) is 19.0. The topological polar surface area (TPSA) is 56.6 Å². The first-order valence-electron chi connectivity index (χ1n) is 13.7. The maximum Gasteiger partial charge on any atom is 0.256 e. The Labute approximate surface area is 260 Å². The number of ether oxygens (including phenoxy) is 2. The third-order valence-corrected chi connectivity index (χ3v) is 10.6. The van der Waals surface area contributed by atoms with Crippen LogP contribution in [-0.2, 0) is 31.0 Å². The van der Waals surface area contributed by atoms with Crippen molar-refractivity contribution < 1.29 is 14.3 Å². The zero-order valence-electron chi connectivity index (χ0n) is 23.8. The van der Waals surface area contributed by atoms with Crippen LogP contribution in [0.2, 0.25) is 35.7 Å². The van der Waals surface area contributed by atoms with E-state index in [2.05, 4.69) is 46.2 Å². The van der Waals surface area contributed by atoms with Gasteiger partial charge in [-0.15, -0.1) is 0 Å². The summed E-state index contributed by atoms with van der Waals surface area (Å²) in [6.45, 7) is 11.4. The number of hydrogen-bond acceptors (Lipinski definition) is 4. The van der Waals surface area contributed by atoms with Crippen molar-refractivity contribution in [1.29, 1.82) is 0 Å². The van der Waals surface area contributed by atoms with Crippen LogP contribution in [0.4, 0.5) is 0 Å². The van der Waals surface area contributed by atoms with Gasteiger partial charge < -0.3 is 18.9 Å². The molecule has 41 heavy (non-hydrogen) atoms. The highest BCUT2D eigenvalue weighted by Crippen LogP contribution is 2.39. The first kappa shape index (κ1) is 30.1. The number of aryl methyl sites for hydroxylation is 1. The Morgan fingerprint density at radius 1 is 1.12 bits per heavy atom. The number of aromatic nitrogens is 2. The van der Waals surface area contributed by atoms with Crippen molar-refractivity contribution in [3.05, 3.63) is 91.1 Å². The molecule has 0 atom stereocenters. The smallest absolute Gasteiger partial charge is 0.256 e. The molecule has 0 spiro atoms. The second-order valence-electron chi connectivity index (χ2n) is 11.6. The van der Waals surface area contributed by atoms with Crippen LogP contribution >= 0.6 is 39.1 Å². The van der Waals surface area contributed by atoms with Gasteiger partial charge in [-0.05, 0) is 58.6 Å². The van der Waals surface area contributed by atoms with Gasteiger partial charge in [-0.3, -0.25) is 4.79 Å². The van der Waals surface area contributed by atoms with Crippen LogP contribution in [0.3, 0.4) is 0 Å². The van der Waals surface area contributed by atoms with Gasteiger partial charge in [-0.25, -0.2) is 4.98 Å². The Balaban J connectivity index is 1.49. The summed E-state index contributed by atoms with van der Waals surface area (Å²) in [5.41, 5.74) is 4.97. The number of fused-ring (bicyclic) bond motifs is 2. The zero-order valence-corrected chi connectivity index (χ0v) is 27.9. The van der Waals surface area contributed by atoms with Gasteiger partial charge in [0.05, 0.1) is 28.3 Å². The largest absolute Gasteiger partial charge is 0.473 e. The van der Waals surface area contributed by atoms with E-state index in [9.17, 15) is 4.79 Å². The molecule has 2 aromatic heterocycles. The van der Waals surface area contributed by atoms with Crippen molar-refractivity contribution in [3.63, 3.8) is 0 Å². The fourth-order valence-corrected chi connectivity index (χ4v) is 6.97. The molecular weight excluding hydrogens is 641 g/mol. The van der Waals surface area contributed by atoms with E-state index in [1.807, 2.05) is 43.5 Å². The minimum atomic E-state index is -1.19. The zero-order chi connectivity index (χ0) is 29.3. The lowest BCUT2D eigenvalue weighted by Gasteiger charge is -2.30. The van der Waals surface area contributed by atoms with Gasteiger partial charge in [0.1, 0.15) is 13.3 Å². The predicted octanol–water partition coefficient (Wildman–Crippen LogP) is 8.50. The molecule has 0 N–H and O–H groups in total. The number of pyridine rings is 1. The van der Waals surface area contributed by atoms with E-state index >= 15 is 0 Å². The Kier molecular flexibility index (Phi) is 9.16. The summed E-state index contributed by atoms with van der Waals surface area (Å²) in [5.74, 6) is 0.365. The summed E-state index contributed by atoms with van der Waals surface area (Å²) in [5, 5.41) is 1.92. The molecule has 0 fully saturated rings. The predicted molar refractivity (Wildman–Crippen MR) is 172 cm³/mol.